The van der Waals surface area contributed by atoms with Crippen molar-refractivity contribution in [3.8, 4) is 0 Å². The van der Waals surface area contributed by atoms with E-state index in [2.05, 4.69) is 26.6 Å². The number of aryl methyl sites for hydroxylation is 1. The third-order valence-electron chi connectivity index (χ3n) is 2.50. The second kappa shape index (κ2) is 8.51. The maximum Gasteiger partial charge on any atom is 0.220 e. The SMILES string of the molecule is CCNCCNC(=O)CCc1cc(Cl)ccc1Br. The fraction of sp³-hybridized carbons (Fsp3) is 0.462. The van der Waals surface area contributed by atoms with Crippen molar-refractivity contribution in [3.63, 3.8) is 0 Å². The molecule has 0 aromatic heterocycles. The highest BCUT2D eigenvalue weighted by Gasteiger charge is 2.05. The number of amides is 1. The number of hydrogen-bond donors (Lipinski definition) is 2. The summed E-state index contributed by atoms with van der Waals surface area (Å²) in [6.45, 7) is 4.44. The van der Waals surface area contributed by atoms with Crippen molar-refractivity contribution in [1.82, 2.24) is 10.6 Å². The van der Waals surface area contributed by atoms with E-state index in [1.165, 1.54) is 0 Å². The number of halogens is 2. The highest BCUT2D eigenvalue weighted by molar-refractivity contribution is 9.10. The minimum absolute atomic E-state index is 0.0692. The van der Waals surface area contributed by atoms with Crippen molar-refractivity contribution in [2.75, 3.05) is 19.6 Å². The molecule has 1 aromatic rings. The van der Waals surface area contributed by atoms with Gasteiger partial charge in [0.1, 0.15) is 0 Å². The van der Waals surface area contributed by atoms with Crippen LogP contribution in [0, 0.1) is 0 Å². The van der Waals surface area contributed by atoms with Crippen LogP contribution in [-0.4, -0.2) is 25.5 Å². The van der Waals surface area contributed by atoms with Gasteiger partial charge >= 0.3 is 0 Å². The fourth-order valence-electron chi connectivity index (χ4n) is 1.54. The molecule has 0 spiro atoms. The van der Waals surface area contributed by atoms with E-state index in [9.17, 15) is 4.79 Å². The Balaban J connectivity index is 2.31. The number of hydrogen-bond acceptors (Lipinski definition) is 2. The summed E-state index contributed by atoms with van der Waals surface area (Å²) in [5.41, 5.74) is 1.06. The van der Waals surface area contributed by atoms with Gasteiger partial charge in [0.15, 0.2) is 0 Å². The van der Waals surface area contributed by atoms with Gasteiger partial charge < -0.3 is 10.6 Å². The van der Waals surface area contributed by atoms with Crippen LogP contribution in [0.4, 0.5) is 0 Å². The first-order valence-electron chi connectivity index (χ1n) is 6.04. The third kappa shape index (κ3) is 5.85. The van der Waals surface area contributed by atoms with Gasteiger partial charge in [0.2, 0.25) is 5.91 Å². The molecule has 0 saturated carbocycles. The summed E-state index contributed by atoms with van der Waals surface area (Å²) in [5.74, 6) is 0.0692. The van der Waals surface area contributed by atoms with Crippen molar-refractivity contribution in [2.24, 2.45) is 0 Å². The smallest absolute Gasteiger partial charge is 0.220 e. The number of likely N-dealkylation sites (N-methyl/N-ethyl adjacent to an activating group) is 1. The number of nitrogens with one attached hydrogen (secondary N) is 2. The summed E-state index contributed by atoms with van der Waals surface area (Å²) in [4.78, 5) is 11.6. The molecular weight excluding hydrogens is 316 g/mol. The zero-order valence-electron chi connectivity index (χ0n) is 10.4. The molecule has 0 aliphatic rings. The summed E-state index contributed by atoms with van der Waals surface area (Å²) in [6.07, 6.45) is 1.17. The molecule has 3 nitrogen and oxygen atoms in total. The van der Waals surface area contributed by atoms with E-state index < -0.39 is 0 Å². The van der Waals surface area contributed by atoms with Crippen molar-refractivity contribution >= 4 is 33.4 Å². The maximum atomic E-state index is 11.6. The number of benzene rings is 1. The molecule has 18 heavy (non-hydrogen) atoms. The fourth-order valence-corrected chi connectivity index (χ4v) is 2.18. The summed E-state index contributed by atoms with van der Waals surface area (Å²) < 4.78 is 0.993. The second-order valence-electron chi connectivity index (χ2n) is 3.94. The van der Waals surface area contributed by atoms with Gasteiger partial charge in [0, 0.05) is 29.0 Å². The third-order valence-corrected chi connectivity index (χ3v) is 3.51. The summed E-state index contributed by atoms with van der Waals surface area (Å²) in [5, 5.41) is 6.72. The van der Waals surface area contributed by atoms with Crippen molar-refractivity contribution < 1.29 is 4.79 Å². The lowest BCUT2D eigenvalue weighted by Gasteiger charge is -2.07. The van der Waals surface area contributed by atoms with Gasteiger partial charge in [0.05, 0.1) is 0 Å². The molecule has 1 aromatic carbocycles. The molecule has 0 saturated heterocycles. The van der Waals surface area contributed by atoms with Gasteiger partial charge in [-0.1, -0.05) is 34.5 Å². The number of carbonyl (C=O) groups excluding carboxylic acids is 1. The molecule has 0 aliphatic heterocycles. The minimum atomic E-state index is 0.0692. The van der Waals surface area contributed by atoms with Crippen molar-refractivity contribution in [2.45, 2.75) is 19.8 Å². The Kier molecular flexibility index (Phi) is 7.32. The maximum absolute atomic E-state index is 11.6. The first kappa shape index (κ1) is 15.5. The zero-order valence-corrected chi connectivity index (χ0v) is 12.8. The molecule has 0 unspecified atom stereocenters. The quantitative estimate of drug-likeness (QED) is 0.753. The summed E-state index contributed by atoms with van der Waals surface area (Å²) >= 11 is 9.37. The Morgan fingerprint density at radius 1 is 1.39 bits per heavy atom. The van der Waals surface area contributed by atoms with Gasteiger partial charge in [-0.3, -0.25) is 4.79 Å². The van der Waals surface area contributed by atoms with Crippen LogP contribution in [0.25, 0.3) is 0 Å². The van der Waals surface area contributed by atoms with Crippen LogP contribution in [0.5, 0.6) is 0 Å². The van der Waals surface area contributed by atoms with Gasteiger partial charge in [-0.25, -0.2) is 0 Å². The average Bonchev–Trinajstić information content (AvgIpc) is 2.36. The van der Waals surface area contributed by atoms with Crippen LogP contribution >= 0.6 is 27.5 Å². The van der Waals surface area contributed by atoms with E-state index in [1.54, 1.807) is 0 Å². The van der Waals surface area contributed by atoms with Crippen LogP contribution in [-0.2, 0) is 11.2 Å². The molecule has 100 valence electrons. The van der Waals surface area contributed by atoms with Crippen molar-refractivity contribution in [1.29, 1.82) is 0 Å². The normalized spacial score (nSPS) is 10.4. The van der Waals surface area contributed by atoms with Gasteiger partial charge in [-0.2, -0.15) is 0 Å². The molecule has 1 amide bonds. The Bertz CT molecular complexity index is 399. The molecule has 0 atom stereocenters. The molecule has 1 rings (SSSR count). The molecule has 0 radical (unpaired) electrons. The lowest BCUT2D eigenvalue weighted by atomic mass is 10.1. The standard InChI is InChI=1S/C13H18BrClN2O/c1-2-16-7-8-17-13(18)6-3-10-9-11(15)4-5-12(10)14/h4-5,9,16H,2-3,6-8H2,1H3,(H,17,18). The van der Waals surface area contributed by atoms with Crippen molar-refractivity contribution in [3.05, 3.63) is 33.3 Å². The lowest BCUT2D eigenvalue weighted by molar-refractivity contribution is -0.121. The molecule has 5 heteroatoms. The van der Waals surface area contributed by atoms with Crippen LogP contribution < -0.4 is 10.6 Å². The highest BCUT2D eigenvalue weighted by Crippen LogP contribution is 2.22. The predicted molar refractivity (Wildman–Crippen MR) is 79.0 cm³/mol. The van der Waals surface area contributed by atoms with Crippen LogP contribution in [0.15, 0.2) is 22.7 Å². The Labute approximate surface area is 121 Å². The predicted octanol–water partition coefficient (Wildman–Crippen LogP) is 2.76. The average molecular weight is 334 g/mol. The molecular formula is C13H18BrClN2O. The van der Waals surface area contributed by atoms with E-state index in [4.69, 9.17) is 11.6 Å². The topological polar surface area (TPSA) is 41.1 Å². The van der Waals surface area contributed by atoms with E-state index in [-0.39, 0.29) is 5.91 Å². The monoisotopic (exact) mass is 332 g/mol. The Morgan fingerprint density at radius 3 is 2.89 bits per heavy atom. The van der Waals surface area contributed by atoms with Gasteiger partial charge in [-0.05, 0) is 36.7 Å². The van der Waals surface area contributed by atoms with E-state index in [0.717, 1.165) is 23.1 Å². The highest BCUT2D eigenvalue weighted by atomic mass is 79.9. The van der Waals surface area contributed by atoms with E-state index in [1.807, 2.05) is 25.1 Å². The first-order valence-corrected chi connectivity index (χ1v) is 7.22. The minimum Gasteiger partial charge on any atom is -0.355 e. The van der Waals surface area contributed by atoms with E-state index >= 15 is 0 Å². The van der Waals surface area contributed by atoms with Crippen LogP contribution in [0.2, 0.25) is 5.02 Å². The Morgan fingerprint density at radius 2 is 2.17 bits per heavy atom. The largest absolute Gasteiger partial charge is 0.355 e. The zero-order chi connectivity index (χ0) is 13.4. The summed E-state index contributed by atoms with van der Waals surface area (Å²) in [7, 11) is 0. The molecule has 0 aliphatic carbocycles. The molecule has 2 N–H and O–H groups in total. The number of carbonyl (C=O) groups is 1. The number of rotatable bonds is 7. The summed E-state index contributed by atoms with van der Waals surface area (Å²) in [6, 6.07) is 5.62. The lowest BCUT2D eigenvalue weighted by Crippen LogP contribution is -2.31. The van der Waals surface area contributed by atoms with Crippen LogP contribution in [0.1, 0.15) is 18.9 Å². The van der Waals surface area contributed by atoms with Gasteiger partial charge in [0.25, 0.3) is 0 Å². The first-order chi connectivity index (χ1) is 8.63. The van der Waals surface area contributed by atoms with E-state index in [0.29, 0.717) is 24.4 Å². The van der Waals surface area contributed by atoms with Gasteiger partial charge in [-0.15, -0.1) is 0 Å². The van der Waals surface area contributed by atoms with Crippen LogP contribution in [0.3, 0.4) is 0 Å². The molecule has 0 fully saturated rings. The molecule has 0 heterocycles. The second-order valence-corrected chi connectivity index (χ2v) is 5.23. The molecule has 0 bridgehead atoms. The Hall–Kier alpha value is -0.580.